The Morgan fingerprint density at radius 3 is 2.70 bits per heavy atom. The molecule has 1 fully saturated rings. The lowest BCUT2D eigenvalue weighted by atomic mass is 9.86. The Morgan fingerprint density at radius 1 is 1.40 bits per heavy atom. The molecule has 1 aliphatic heterocycles. The van der Waals surface area contributed by atoms with E-state index in [4.69, 9.17) is 5.73 Å². The monoisotopic (exact) mass is 350 g/mol. The normalized spacial score (nSPS) is 24.0. The number of alkyl halides is 3. The van der Waals surface area contributed by atoms with E-state index in [9.17, 15) is 13.2 Å². The molecule has 0 bridgehead atoms. The lowest BCUT2D eigenvalue weighted by Crippen LogP contribution is -2.43. The van der Waals surface area contributed by atoms with Gasteiger partial charge in [0.05, 0.1) is 5.56 Å². The number of benzene rings is 1. The molecule has 0 spiro atoms. The topological polar surface area (TPSA) is 29.3 Å². The van der Waals surface area contributed by atoms with Crippen LogP contribution in [0.25, 0.3) is 0 Å². The third-order valence-electron chi connectivity index (χ3n) is 4.02. The molecule has 0 saturated carbocycles. The summed E-state index contributed by atoms with van der Waals surface area (Å²) in [5, 5.41) is 0. The predicted octanol–water partition coefficient (Wildman–Crippen LogP) is 3.89. The molecule has 0 radical (unpaired) electrons. The van der Waals surface area contributed by atoms with Crippen molar-refractivity contribution in [3.63, 3.8) is 0 Å². The van der Waals surface area contributed by atoms with Gasteiger partial charge in [0.1, 0.15) is 0 Å². The van der Waals surface area contributed by atoms with E-state index < -0.39 is 11.7 Å². The number of halogens is 4. The van der Waals surface area contributed by atoms with Crippen molar-refractivity contribution < 1.29 is 13.2 Å². The molecule has 2 nitrogen and oxygen atoms in total. The summed E-state index contributed by atoms with van der Waals surface area (Å²) in [6, 6.07) is 4.33. The van der Waals surface area contributed by atoms with Crippen molar-refractivity contribution in [1.82, 2.24) is 0 Å². The van der Waals surface area contributed by atoms with Gasteiger partial charge in [0, 0.05) is 23.2 Å². The average molecular weight is 351 g/mol. The van der Waals surface area contributed by atoms with Crippen molar-refractivity contribution in [3.05, 3.63) is 28.2 Å². The van der Waals surface area contributed by atoms with Gasteiger partial charge in [-0.25, -0.2) is 0 Å². The lowest BCUT2D eigenvalue weighted by Gasteiger charge is -2.39. The van der Waals surface area contributed by atoms with Crippen molar-refractivity contribution in [2.75, 3.05) is 24.5 Å². The smallest absolute Gasteiger partial charge is 0.371 e. The van der Waals surface area contributed by atoms with E-state index in [1.165, 1.54) is 6.07 Å². The molecule has 112 valence electrons. The fraction of sp³-hybridized carbons (Fsp3) is 0.571. The molecule has 1 aliphatic rings. The summed E-state index contributed by atoms with van der Waals surface area (Å²) in [7, 11) is 0. The summed E-state index contributed by atoms with van der Waals surface area (Å²) in [5.74, 6) is 0.703. The van der Waals surface area contributed by atoms with Crippen LogP contribution in [-0.4, -0.2) is 19.6 Å². The molecule has 2 atom stereocenters. The first-order valence-electron chi connectivity index (χ1n) is 6.64. The number of piperidine rings is 1. The predicted molar refractivity (Wildman–Crippen MR) is 77.7 cm³/mol. The Hall–Kier alpha value is -0.750. The summed E-state index contributed by atoms with van der Waals surface area (Å²) in [4.78, 5) is 1.81. The molecule has 1 aromatic carbocycles. The number of rotatable bonds is 2. The second-order valence-electron chi connectivity index (χ2n) is 5.37. The Labute approximate surface area is 125 Å². The Balaban J connectivity index is 2.33. The minimum atomic E-state index is -4.35. The van der Waals surface area contributed by atoms with Crippen molar-refractivity contribution in [3.8, 4) is 0 Å². The van der Waals surface area contributed by atoms with Crippen LogP contribution in [0.4, 0.5) is 18.9 Å². The highest BCUT2D eigenvalue weighted by Crippen LogP contribution is 2.39. The average Bonchev–Trinajstić information content (AvgIpc) is 2.38. The van der Waals surface area contributed by atoms with Gasteiger partial charge in [-0.2, -0.15) is 13.2 Å². The van der Waals surface area contributed by atoms with Gasteiger partial charge < -0.3 is 10.6 Å². The molecule has 0 amide bonds. The van der Waals surface area contributed by atoms with Crippen LogP contribution in [0, 0.1) is 11.8 Å². The van der Waals surface area contributed by atoms with Gasteiger partial charge in [0.2, 0.25) is 0 Å². The number of anilines is 1. The van der Waals surface area contributed by atoms with Crippen molar-refractivity contribution in [2.45, 2.75) is 19.5 Å². The standard InChI is InChI=1S/C14H18BrF3N2/c1-9-4-5-20(8-10(9)7-19)13-3-2-11(15)6-12(13)14(16,17)18/h2-3,6,9-10H,4-5,7-8,19H2,1H3. The maximum atomic E-state index is 13.2. The molecular weight excluding hydrogens is 333 g/mol. The van der Waals surface area contributed by atoms with Gasteiger partial charge in [0.25, 0.3) is 0 Å². The minimum absolute atomic E-state index is 0.244. The third-order valence-corrected chi connectivity index (χ3v) is 4.51. The number of nitrogens with zero attached hydrogens (tertiary/aromatic N) is 1. The van der Waals surface area contributed by atoms with Gasteiger partial charge in [-0.05, 0) is 43.0 Å². The maximum absolute atomic E-state index is 13.2. The van der Waals surface area contributed by atoms with Gasteiger partial charge >= 0.3 is 6.18 Å². The van der Waals surface area contributed by atoms with E-state index >= 15 is 0 Å². The van der Waals surface area contributed by atoms with Crippen LogP contribution in [0.1, 0.15) is 18.9 Å². The second-order valence-corrected chi connectivity index (χ2v) is 6.28. The van der Waals surface area contributed by atoms with Crippen LogP contribution in [0.3, 0.4) is 0 Å². The second kappa shape index (κ2) is 5.93. The molecule has 20 heavy (non-hydrogen) atoms. The first-order chi connectivity index (χ1) is 9.32. The summed E-state index contributed by atoms with van der Waals surface area (Å²) in [6.45, 7) is 3.85. The van der Waals surface area contributed by atoms with Crippen LogP contribution >= 0.6 is 15.9 Å². The lowest BCUT2D eigenvalue weighted by molar-refractivity contribution is -0.137. The Morgan fingerprint density at radius 2 is 2.10 bits per heavy atom. The maximum Gasteiger partial charge on any atom is 0.418 e. The molecule has 1 aromatic rings. The molecule has 0 aromatic heterocycles. The largest absolute Gasteiger partial charge is 0.418 e. The van der Waals surface area contributed by atoms with Crippen LogP contribution in [0.2, 0.25) is 0 Å². The first-order valence-corrected chi connectivity index (χ1v) is 7.44. The zero-order valence-electron chi connectivity index (χ0n) is 11.3. The highest BCUT2D eigenvalue weighted by molar-refractivity contribution is 9.10. The number of hydrogen-bond donors (Lipinski definition) is 1. The van der Waals surface area contributed by atoms with Crippen LogP contribution in [0.15, 0.2) is 22.7 Å². The molecular formula is C14H18BrF3N2. The van der Waals surface area contributed by atoms with Gasteiger partial charge in [-0.15, -0.1) is 0 Å². The molecule has 1 heterocycles. The first kappa shape index (κ1) is 15.6. The SMILES string of the molecule is CC1CCN(c2ccc(Br)cc2C(F)(F)F)CC1CN. The van der Waals surface area contributed by atoms with Crippen LogP contribution in [-0.2, 0) is 6.18 Å². The minimum Gasteiger partial charge on any atom is -0.371 e. The summed E-state index contributed by atoms with van der Waals surface area (Å²) in [6.07, 6.45) is -3.48. The third kappa shape index (κ3) is 3.28. The van der Waals surface area contributed by atoms with E-state index in [1.54, 1.807) is 6.07 Å². The van der Waals surface area contributed by atoms with E-state index in [0.29, 0.717) is 30.0 Å². The summed E-state index contributed by atoms with van der Waals surface area (Å²) in [5.41, 5.74) is 5.40. The van der Waals surface area contributed by atoms with Gasteiger partial charge in [-0.1, -0.05) is 22.9 Å². The van der Waals surface area contributed by atoms with Gasteiger partial charge in [-0.3, -0.25) is 0 Å². The molecule has 2 unspecified atom stereocenters. The number of nitrogens with two attached hydrogens (primary N) is 1. The zero-order chi connectivity index (χ0) is 14.9. The van der Waals surface area contributed by atoms with E-state index in [2.05, 4.69) is 22.9 Å². The Bertz CT molecular complexity index is 476. The fourth-order valence-corrected chi connectivity index (χ4v) is 3.05. The Kier molecular flexibility index (Phi) is 4.64. The van der Waals surface area contributed by atoms with Crippen molar-refractivity contribution >= 4 is 21.6 Å². The van der Waals surface area contributed by atoms with E-state index in [-0.39, 0.29) is 11.6 Å². The molecule has 2 rings (SSSR count). The molecule has 2 N–H and O–H groups in total. The van der Waals surface area contributed by atoms with Crippen LogP contribution in [0.5, 0.6) is 0 Å². The van der Waals surface area contributed by atoms with E-state index in [0.717, 1.165) is 12.5 Å². The summed E-state index contributed by atoms with van der Waals surface area (Å²) >= 11 is 3.11. The van der Waals surface area contributed by atoms with Crippen LogP contribution < -0.4 is 10.6 Å². The highest BCUT2D eigenvalue weighted by atomic mass is 79.9. The van der Waals surface area contributed by atoms with Crippen molar-refractivity contribution in [2.24, 2.45) is 17.6 Å². The quantitative estimate of drug-likeness (QED) is 0.876. The zero-order valence-corrected chi connectivity index (χ0v) is 12.8. The van der Waals surface area contributed by atoms with Crippen molar-refractivity contribution in [1.29, 1.82) is 0 Å². The van der Waals surface area contributed by atoms with E-state index in [1.807, 2.05) is 4.90 Å². The molecule has 1 saturated heterocycles. The van der Waals surface area contributed by atoms with Gasteiger partial charge in [0.15, 0.2) is 0 Å². The number of hydrogen-bond acceptors (Lipinski definition) is 2. The highest BCUT2D eigenvalue weighted by Gasteiger charge is 2.36. The molecule has 6 heteroatoms. The fourth-order valence-electron chi connectivity index (χ4n) is 2.69. The molecule has 0 aliphatic carbocycles. The summed E-state index contributed by atoms with van der Waals surface area (Å²) < 4.78 is 39.9.